The number of sulfonamides is 1. The van der Waals surface area contributed by atoms with Gasteiger partial charge in [0.2, 0.25) is 16.3 Å². The van der Waals surface area contributed by atoms with Crippen LogP contribution in [0.4, 0.5) is 0 Å². The number of para-hydroxylation sites is 1. The number of aliphatic hydroxyl groups is 1. The van der Waals surface area contributed by atoms with Gasteiger partial charge >= 0.3 is 0 Å². The van der Waals surface area contributed by atoms with Gasteiger partial charge in [0.05, 0.1) is 36.9 Å². The van der Waals surface area contributed by atoms with E-state index < -0.39 is 34.7 Å². The first-order valence-corrected chi connectivity index (χ1v) is 15.8. The predicted molar refractivity (Wildman–Crippen MR) is 166 cm³/mol. The smallest absolute Gasteiger partial charge is 0.286 e. The van der Waals surface area contributed by atoms with E-state index in [1.54, 1.807) is 30.3 Å². The molecule has 1 aliphatic heterocycles. The van der Waals surface area contributed by atoms with E-state index in [1.165, 1.54) is 37.6 Å². The van der Waals surface area contributed by atoms with E-state index in [0.717, 1.165) is 9.87 Å². The number of aliphatic hydroxyl groups excluding tert-OH is 1. The quantitative estimate of drug-likeness (QED) is 0.226. The lowest BCUT2D eigenvalue weighted by Gasteiger charge is -2.30. The number of carbonyl (C=O) groups excluding carboxylic acids is 1. The largest absolute Gasteiger partial charge is 0.497 e. The Hall–Kier alpha value is -4.49. The molecule has 1 amide bonds. The standard InChI is InChI=1S/C33H34N2O9S/c1-41-25-11-13-26(14-12-25)45(39,40)35(15-17-36)16-18-42-31-20-24(28-22-43-29-10-6-5-9-27(29)32(28)37)19-30(44-31)33(38)34-21-23-7-3-2-4-8-23/h2-14,19,22,24,31,36H,15-18,20-21H2,1H3,(H,34,38). The van der Waals surface area contributed by atoms with Crippen LogP contribution in [0.2, 0.25) is 0 Å². The number of nitrogens with one attached hydrogen (secondary N) is 1. The summed E-state index contributed by atoms with van der Waals surface area (Å²) >= 11 is 0. The second-order valence-corrected chi connectivity index (χ2v) is 12.2. The molecule has 1 aromatic heterocycles. The molecule has 11 nitrogen and oxygen atoms in total. The molecule has 2 atom stereocenters. The van der Waals surface area contributed by atoms with Gasteiger partial charge in [-0.1, -0.05) is 42.5 Å². The second kappa shape index (κ2) is 14.5. The molecule has 4 aromatic rings. The van der Waals surface area contributed by atoms with Crippen LogP contribution in [0.15, 0.2) is 111 Å². The van der Waals surface area contributed by atoms with Crippen molar-refractivity contribution in [3.63, 3.8) is 0 Å². The van der Waals surface area contributed by atoms with Crippen LogP contribution in [0.25, 0.3) is 11.0 Å². The molecular formula is C33H34N2O9S. The lowest BCUT2D eigenvalue weighted by atomic mass is 9.93. The van der Waals surface area contributed by atoms with Crippen LogP contribution < -0.4 is 15.5 Å². The van der Waals surface area contributed by atoms with Crippen molar-refractivity contribution in [3.8, 4) is 5.75 Å². The minimum atomic E-state index is -3.96. The van der Waals surface area contributed by atoms with Crippen LogP contribution in [0.3, 0.4) is 0 Å². The average molecular weight is 635 g/mol. The highest BCUT2D eigenvalue weighted by Crippen LogP contribution is 2.31. The van der Waals surface area contributed by atoms with Gasteiger partial charge in [-0.15, -0.1) is 0 Å². The van der Waals surface area contributed by atoms with E-state index in [1.807, 2.05) is 30.3 Å². The Kier molecular flexibility index (Phi) is 10.3. The molecule has 236 valence electrons. The van der Waals surface area contributed by atoms with E-state index in [0.29, 0.717) is 22.3 Å². The van der Waals surface area contributed by atoms with Crippen LogP contribution >= 0.6 is 0 Å². The molecule has 1 aliphatic rings. The zero-order valence-corrected chi connectivity index (χ0v) is 25.4. The lowest BCUT2D eigenvalue weighted by Crippen LogP contribution is -2.38. The van der Waals surface area contributed by atoms with E-state index in [-0.39, 0.29) is 48.7 Å². The zero-order valence-electron chi connectivity index (χ0n) is 24.6. The molecule has 2 unspecified atom stereocenters. The molecule has 45 heavy (non-hydrogen) atoms. The molecule has 5 rings (SSSR count). The van der Waals surface area contributed by atoms with Gasteiger partial charge in [0.1, 0.15) is 11.3 Å². The van der Waals surface area contributed by atoms with Gasteiger partial charge in [-0.05, 0) is 48.0 Å². The first-order valence-electron chi connectivity index (χ1n) is 14.4. The van der Waals surface area contributed by atoms with Gasteiger partial charge in [0, 0.05) is 37.5 Å². The van der Waals surface area contributed by atoms with Crippen LogP contribution in [-0.4, -0.2) is 63.4 Å². The third-order valence-electron chi connectivity index (χ3n) is 7.37. The molecule has 0 bridgehead atoms. The van der Waals surface area contributed by atoms with Gasteiger partial charge in [0.25, 0.3) is 5.91 Å². The predicted octanol–water partition coefficient (Wildman–Crippen LogP) is 3.53. The maximum atomic E-state index is 13.4. The van der Waals surface area contributed by atoms with Crippen molar-refractivity contribution in [3.05, 3.63) is 118 Å². The number of fused-ring (bicyclic) bond motifs is 1. The molecule has 12 heteroatoms. The summed E-state index contributed by atoms with van der Waals surface area (Å²) in [6, 6.07) is 22.2. The fourth-order valence-electron chi connectivity index (χ4n) is 5.00. The van der Waals surface area contributed by atoms with E-state index in [2.05, 4.69) is 5.32 Å². The first-order chi connectivity index (χ1) is 21.8. The van der Waals surface area contributed by atoms with E-state index in [4.69, 9.17) is 18.6 Å². The molecule has 2 heterocycles. The Morgan fingerprint density at radius 3 is 2.49 bits per heavy atom. The Balaban J connectivity index is 1.34. The van der Waals surface area contributed by atoms with Crippen molar-refractivity contribution < 1.29 is 36.9 Å². The van der Waals surface area contributed by atoms with Crippen molar-refractivity contribution in [2.75, 3.05) is 33.4 Å². The highest BCUT2D eigenvalue weighted by Gasteiger charge is 2.31. The van der Waals surface area contributed by atoms with Crippen LogP contribution in [0, 0.1) is 0 Å². The number of nitrogens with zero attached hydrogens (tertiary/aromatic N) is 1. The average Bonchev–Trinajstić information content (AvgIpc) is 3.07. The molecule has 2 N–H and O–H groups in total. The molecule has 0 aliphatic carbocycles. The first kappa shape index (κ1) is 31.9. The summed E-state index contributed by atoms with van der Waals surface area (Å²) in [4.78, 5) is 26.6. The number of carbonyl (C=O) groups is 1. The van der Waals surface area contributed by atoms with Crippen molar-refractivity contribution in [1.82, 2.24) is 9.62 Å². The summed E-state index contributed by atoms with van der Waals surface area (Å²) in [6.07, 6.45) is 2.15. The molecule has 0 fully saturated rings. The topological polar surface area (TPSA) is 145 Å². The minimum absolute atomic E-state index is 0.0298. The molecular weight excluding hydrogens is 600 g/mol. The molecule has 0 saturated heterocycles. The van der Waals surface area contributed by atoms with Crippen LogP contribution in [0.1, 0.15) is 23.5 Å². The molecule has 0 spiro atoms. The number of methoxy groups -OCH3 is 1. The number of amides is 1. The van der Waals surface area contributed by atoms with Crippen molar-refractivity contribution in [2.45, 2.75) is 30.1 Å². The summed E-state index contributed by atoms with van der Waals surface area (Å²) < 4.78 is 50.4. The highest BCUT2D eigenvalue weighted by atomic mass is 32.2. The Morgan fingerprint density at radius 2 is 1.76 bits per heavy atom. The van der Waals surface area contributed by atoms with Crippen molar-refractivity contribution >= 4 is 26.9 Å². The molecule has 3 aromatic carbocycles. The SMILES string of the molecule is COc1ccc(S(=O)(=O)N(CCO)CCOC2CC(c3coc4ccccc4c3=O)C=C(C(=O)NCc3ccccc3)O2)cc1. The summed E-state index contributed by atoms with van der Waals surface area (Å²) in [5, 5.41) is 12.8. The lowest BCUT2D eigenvalue weighted by molar-refractivity contribution is -0.146. The van der Waals surface area contributed by atoms with Gasteiger partial charge in [0.15, 0.2) is 11.2 Å². The van der Waals surface area contributed by atoms with Crippen LogP contribution in [-0.2, 0) is 30.8 Å². The van der Waals surface area contributed by atoms with E-state index in [9.17, 15) is 23.1 Å². The fraction of sp³-hybridized carbons (Fsp3) is 0.273. The Bertz CT molecular complexity index is 1810. The summed E-state index contributed by atoms with van der Waals surface area (Å²) in [5.74, 6) is -0.602. The number of allylic oxidation sites excluding steroid dienone is 1. The van der Waals surface area contributed by atoms with Crippen molar-refractivity contribution in [2.24, 2.45) is 0 Å². The zero-order chi connectivity index (χ0) is 31.8. The normalized spacial score (nSPS) is 16.6. The van der Waals surface area contributed by atoms with Gasteiger partial charge in [-0.2, -0.15) is 4.31 Å². The second-order valence-electron chi connectivity index (χ2n) is 10.3. The monoisotopic (exact) mass is 634 g/mol. The maximum absolute atomic E-state index is 13.4. The van der Waals surface area contributed by atoms with Gasteiger partial charge in [-0.3, -0.25) is 9.59 Å². The summed E-state index contributed by atoms with van der Waals surface area (Å²) in [6.45, 7) is -0.510. The third-order valence-corrected chi connectivity index (χ3v) is 9.29. The van der Waals surface area contributed by atoms with Gasteiger partial charge in [-0.25, -0.2) is 8.42 Å². The molecule has 0 radical (unpaired) electrons. The Morgan fingerprint density at radius 1 is 1.02 bits per heavy atom. The fourth-order valence-corrected chi connectivity index (χ4v) is 6.41. The summed E-state index contributed by atoms with van der Waals surface area (Å²) in [5.41, 5.74) is 1.44. The van der Waals surface area contributed by atoms with Crippen LogP contribution in [0.5, 0.6) is 5.75 Å². The molecule has 0 saturated carbocycles. The Labute approximate surface area is 260 Å². The van der Waals surface area contributed by atoms with E-state index >= 15 is 0 Å². The number of rotatable bonds is 13. The number of benzene rings is 3. The number of hydrogen-bond acceptors (Lipinski definition) is 9. The van der Waals surface area contributed by atoms with Gasteiger partial charge < -0.3 is 29.1 Å². The van der Waals surface area contributed by atoms with Crippen molar-refractivity contribution in [1.29, 1.82) is 0 Å². The minimum Gasteiger partial charge on any atom is -0.497 e. The summed E-state index contributed by atoms with van der Waals surface area (Å²) in [7, 11) is -2.48. The highest BCUT2D eigenvalue weighted by molar-refractivity contribution is 7.89. The number of ether oxygens (including phenoxy) is 3. The maximum Gasteiger partial charge on any atom is 0.286 e. The third kappa shape index (κ3) is 7.60. The number of hydrogen-bond donors (Lipinski definition) is 2.